The van der Waals surface area contributed by atoms with Crippen molar-refractivity contribution in [3.05, 3.63) is 88.5 Å². The molecule has 2 aromatic carbocycles. The highest BCUT2D eigenvalue weighted by Crippen LogP contribution is 2.21. The Kier molecular flexibility index (Phi) is 4.70. The van der Waals surface area contributed by atoms with Crippen LogP contribution in [0.15, 0.2) is 54.6 Å². The number of aromatic nitrogens is 1. The molecule has 1 amide bonds. The van der Waals surface area contributed by atoms with Crippen molar-refractivity contribution < 1.29 is 9.18 Å². The SMILES string of the molecule is Cc1ccccc1CNC(=O)c1cc(C)n(-c2ccc(F)cc2)c1C. The number of benzene rings is 2. The number of hydrogen-bond donors (Lipinski definition) is 1. The van der Waals surface area contributed by atoms with Crippen LogP contribution in [0.2, 0.25) is 0 Å². The molecule has 3 aromatic rings. The zero-order valence-electron chi connectivity index (χ0n) is 14.6. The van der Waals surface area contributed by atoms with Crippen LogP contribution in [0, 0.1) is 26.6 Å². The lowest BCUT2D eigenvalue weighted by molar-refractivity contribution is 0.0950. The monoisotopic (exact) mass is 336 g/mol. The van der Waals surface area contributed by atoms with Gasteiger partial charge in [0.15, 0.2) is 0 Å². The van der Waals surface area contributed by atoms with E-state index in [1.54, 1.807) is 12.1 Å². The molecule has 3 nitrogen and oxygen atoms in total. The van der Waals surface area contributed by atoms with Crippen molar-refractivity contribution in [1.82, 2.24) is 9.88 Å². The molecule has 1 heterocycles. The number of hydrogen-bond acceptors (Lipinski definition) is 1. The highest BCUT2D eigenvalue weighted by atomic mass is 19.1. The number of nitrogens with one attached hydrogen (secondary N) is 1. The first-order chi connectivity index (χ1) is 12.0. The largest absolute Gasteiger partial charge is 0.348 e. The van der Waals surface area contributed by atoms with E-state index in [0.29, 0.717) is 12.1 Å². The van der Waals surface area contributed by atoms with Gasteiger partial charge in [0.05, 0.1) is 5.56 Å². The molecule has 0 unspecified atom stereocenters. The molecule has 4 heteroatoms. The first-order valence-electron chi connectivity index (χ1n) is 8.25. The Balaban J connectivity index is 1.83. The molecule has 0 aliphatic heterocycles. The third kappa shape index (κ3) is 3.48. The van der Waals surface area contributed by atoms with Crippen LogP contribution in [0.3, 0.4) is 0 Å². The van der Waals surface area contributed by atoms with Crippen molar-refractivity contribution in [3.8, 4) is 5.69 Å². The van der Waals surface area contributed by atoms with E-state index >= 15 is 0 Å². The molecule has 25 heavy (non-hydrogen) atoms. The Morgan fingerprint density at radius 3 is 2.40 bits per heavy atom. The lowest BCUT2D eigenvalue weighted by Gasteiger charge is -2.10. The zero-order valence-corrected chi connectivity index (χ0v) is 14.6. The predicted molar refractivity (Wildman–Crippen MR) is 97.6 cm³/mol. The van der Waals surface area contributed by atoms with Gasteiger partial charge in [0.25, 0.3) is 5.91 Å². The van der Waals surface area contributed by atoms with Gasteiger partial charge in [0.1, 0.15) is 5.82 Å². The zero-order chi connectivity index (χ0) is 18.0. The summed E-state index contributed by atoms with van der Waals surface area (Å²) in [6.45, 7) is 6.36. The van der Waals surface area contributed by atoms with Crippen LogP contribution in [0.25, 0.3) is 5.69 Å². The molecule has 3 rings (SSSR count). The fourth-order valence-electron chi connectivity index (χ4n) is 3.06. The summed E-state index contributed by atoms with van der Waals surface area (Å²) in [4.78, 5) is 12.6. The maximum atomic E-state index is 13.2. The van der Waals surface area contributed by atoms with Gasteiger partial charge in [0.2, 0.25) is 0 Å². The van der Waals surface area contributed by atoms with Gasteiger partial charge in [-0.05, 0) is 62.2 Å². The molecular weight excluding hydrogens is 315 g/mol. The van der Waals surface area contributed by atoms with Gasteiger partial charge in [-0.3, -0.25) is 4.79 Å². The molecule has 0 spiro atoms. The van der Waals surface area contributed by atoms with Crippen LogP contribution in [0.1, 0.15) is 32.9 Å². The Morgan fingerprint density at radius 2 is 1.72 bits per heavy atom. The van der Waals surface area contributed by atoms with Gasteiger partial charge in [0, 0.05) is 23.6 Å². The summed E-state index contributed by atoms with van der Waals surface area (Å²) in [5.41, 5.74) is 5.50. The van der Waals surface area contributed by atoms with E-state index in [-0.39, 0.29) is 11.7 Å². The average Bonchev–Trinajstić information content (AvgIpc) is 2.89. The Morgan fingerprint density at radius 1 is 1.04 bits per heavy atom. The fourth-order valence-corrected chi connectivity index (χ4v) is 3.06. The molecule has 1 N–H and O–H groups in total. The summed E-state index contributed by atoms with van der Waals surface area (Å²) < 4.78 is 15.1. The van der Waals surface area contributed by atoms with Crippen molar-refractivity contribution >= 4 is 5.91 Å². The van der Waals surface area contributed by atoms with Crippen LogP contribution < -0.4 is 5.32 Å². The molecule has 0 radical (unpaired) electrons. The second-order valence-electron chi connectivity index (χ2n) is 6.21. The van der Waals surface area contributed by atoms with Crippen LogP contribution in [0.5, 0.6) is 0 Å². The van der Waals surface area contributed by atoms with E-state index in [9.17, 15) is 9.18 Å². The van der Waals surface area contributed by atoms with Gasteiger partial charge in [-0.15, -0.1) is 0 Å². The highest BCUT2D eigenvalue weighted by Gasteiger charge is 2.16. The fraction of sp³-hybridized carbons (Fsp3) is 0.190. The summed E-state index contributed by atoms with van der Waals surface area (Å²) in [6, 6.07) is 16.1. The number of rotatable bonds is 4. The number of carbonyl (C=O) groups excluding carboxylic acids is 1. The van der Waals surface area contributed by atoms with Crippen molar-refractivity contribution in [2.75, 3.05) is 0 Å². The molecule has 0 atom stereocenters. The Bertz CT molecular complexity index is 910. The second-order valence-corrected chi connectivity index (χ2v) is 6.21. The van der Waals surface area contributed by atoms with Gasteiger partial charge in [-0.25, -0.2) is 4.39 Å². The summed E-state index contributed by atoms with van der Waals surface area (Å²) in [5.74, 6) is -0.382. The summed E-state index contributed by atoms with van der Waals surface area (Å²) in [5, 5.41) is 2.99. The molecule has 0 saturated heterocycles. The topological polar surface area (TPSA) is 34.0 Å². The van der Waals surface area contributed by atoms with E-state index in [2.05, 4.69) is 5.32 Å². The minimum atomic E-state index is -0.276. The molecule has 0 bridgehead atoms. The standard InChI is InChI=1S/C21H21FN2O/c1-14-6-4-5-7-17(14)13-23-21(25)20-12-15(2)24(16(20)3)19-10-8-18(22)9-11-19/h4-12H,13H2,1-3H3,(H,23,25). The molecule has 128 valence electrons. The summed E-state index contributed by atoms with van der Waals surface area (Å²) in [7, 11) is 0. The predicted octanol–water partition coefficient (Wildman–Crippen LogP) is 4.47. The van der Waals surface area contributed by atoms with Crippen molar-refractivity contribution in [2.45, 2.75) is 27.3 Å². The van der Waals surface area contributed by atoms with E-state index in [0.717, 1.165) is 28.2 Å². The first kappa shape index (κ1) is 17.0. The van der Waals surface area contributed by atoms with E-state index in [1.165, 1.54) is 12.1 Å². The number of halogens is 1. The summed E-state index contributed by atoms with van der Waals surface area (Å²) in [6.07, 6.45) is 0. The minimum Gasteiger partial charge on any atom is -0.348 e. The van der Waals surface area contributed by atoms with Crippen molar-refractivity contribution in [3.63, 3.8) is 0 Å². The van der Waals surface area contributed by atoms with Crippen molar-refractivity contribution in [2.24, 2.45) is 0 Å². The van der Waals surface area contributed by atoms with Crippen LogP contribution in [-0.2, 0) is 6.54 Å². The first-order valence-corrected chi connectivity index (χ1v) is 8.25. The Labute approximate surface area is 147 Å². The molecule has 0 fully saturated rings. The summed E-state index contributed by atoms with van der Waals surface area (Å²) >= 11 is 0. The van der Waals surface area contributed by atoms with Gasteiger partial charge < -0.3 is 9.88 Å². The van der Waals surface area contributed by atoms with Gasteiger partial charge >= 0.3 is 0 Å². The van der Waals surface area contributed by atoms with Gasteiger partial charge in [-0.1, -0.05) is 24.3 Å². The second kappa shape index (κ2) is 6.93. The number of nitrogens with zero attached hydrogens (tertiary/aromatic N) is 1. The lowest BCUT2D eigenvalue weighted by atomic mass is 10.1. The molecule has 0 saturated carbocycles. The van der Waals surface area contributed by atoms with Crippen LogP contribution >= 0.6 is 0 Å². The maximum absolute atomic E-state index is 13.2. The molecule has 1 aromatic heterocycles. The van der Waals surface area contributed by atoms with E-state index in [4.69, 9.17) is 0 Å². The molecule has 0 aliphatic carbocycles. The number of carbonyl (C=O) groups is 1. The third-order valence-corrected chi connectivity index (χ3v) is 4.46. The van der Waals surface area contributed by atoms with E-state index < -0.39 is 0 Å². The molecule has 0 aliphatic rings. The molecular formula is C21H21FN2O. The maximum Gasteiger partial charge on any atom is 0.253 e. The van der Waals surface area contributed by atoms with Crippen LogP contribution in [-0.4, -0.2) is 10.5 Å². The smallest absolute Gasteiger partial charge is 0.253 e. The van der Waals surface area contributed by atoms with Crippen LogP contribution in [0.4, 0.5) is 4.39 Å². The number of amides is 1. The highest BCUT2D eigenvalue weighted by molar-refractivity contribution is 5.95. The van der Waals surface area contributed by atoms with Gasteiger partial charge in [-0.2, -0.15) is 0 Å². The quantitative estimate of drug-likeness (QED) is 0.749. The van der Waals surface area contributed by atoms with Crippen molar-refractivity contribution in [1.29, 1.82) is 0 Å². The van der Waals surface area contributed by atoms with E-state index in [1.807, 2.05) is 55.7 Å². The average molecular weight is 336 g/mol. The number of aryl methyl sites for hydroxylation is 2. The third-order valence-electron chi connectivity index (χ3n) is 4.46. The lowest BCUT2D eigenvalue weighted by Crippen LogP contribution is -2.23. The Hall–Kier alpha value is -2.88. The minimum absolute atomic E-state index is 0.107. The normalized spacial score (nSPS) is 10.7.